The number of hydrogen-bond acceptors (Lipinski definition) is 3. The van der Waals surface area contributed by atoms with Crippen LogP contribution in [-0.4, -0.2) is 32.1 Å². The molecule has 3 rings (SSSR count). The average Bonchev–Trinajstić information content (AvgIpc) is 2.82. The summed E-state index contributed by atoms with van der Waals surface area (Å²) in [5.41, 5.74) is 1.22. The van der Waals surface area contributed by atoms with Crippen LogP contribution in [0.4, 0.5) is 0 Å². The number of carboxylic acids is 1. The zero-order valence-electron chi connectivity index (χ0n) is 10.3. The van der Waals surface area contributed by atoms with Crippen molar-refractivity contribution in [3.05, 3.63) is 17.7 Å². The average molecular weight is 266 g/mol. The van der Waals surface area contributed by atoms with Gasteiger partial charge in [0.2, 0.25) is 0 Å². The van der Waals surface area contributed by atoms with Crippen molar-refractivity contribution in [3.8, 4) is 0 Å². The topological polar surface area (TPSA) is 55.1 Å². The summed E-state index contributed by atoms with van der Waals surface area (Å²) in [6.45, 7) is 0.612. The van der Waals surface area contributed by atoms with E-state index in [0.29, 0.717) is 12.5 Å². The molecule has 98 valence electrons. The van der Waals surface area contributed by atoms with Crippen molar-refractivity contribution >= 4 is 17.7 Å². The molecule has 0 aromatic carbocycles. The number of rotatable bonds is 2. The van der Waals surface area contributed by atoms with E-state index in [-0.39, 0.29) is 5.92 Å². The maximum absolute atomic E-state index is 11.1. The van der Waals surface area contributed by atoms with Gasteiger partial charge in [0.1, 0.15) is 5.82 Å². The van der Waals surface area contributed by atoms with Crippen LogP contribution in [0.2, 0.25) is 0 Å². The zero-order valence-corrected chi connectivity index (χ0v) is 11.2. The van der Waals surface area contributed by atoms with Crippen molar-refractivity contribution in [2.45, 2.75) is 38.1 Å². The Morgan fingerprint density at radius 3 is 3.11 bits per heavy atom. The fourth-order valence-corrected chi connectivity index (χ4v) is 4.08. The van der Waals surface area contributed by atoms with Gasteiger partial charge in [-0.05, 0) is 31.4 Å². The highest BCUT2D eigenvalue weighted by Gasteiger charge is 2.29. The van der Waals surface area contributed by atoms with E-state index < -0.39 is 5.97 Å². The Bertz CT molecular complexity index is 452. The molecule has 4 nitrogen and oxygen atoms in total. The lowest BCUT2D eigenvalue weighted by molar-refractivity contribution is -0.142. The van der Waals surface area contributed by atoms with Crippen LogP contribution in [0, 0.1) is 5.92 Å². The number of aromatic nitrogens is 2. The lowest BCUT2D eigenvalue weighted by Gasteiger charge is -2.26. The SMILES string of the molecule is O=C(O)C1CCc2cnc(C3CCCSC3)n2C1. The lowest BCUT2D eigenvalue weighted by atomic mass is 9.97. The van der Waals surface area contributed by atoms with Gasteiger partial charge in [-0.25, -0.2) is 4.98 Å². The Kier molecular flexibility index (Phi) is 3.33. The first kappa shape index (κ1) is 12.1. The van der Waals surface area contributed by atoms with Gasteiger partial charge in [0.05, 0.1) is 5.92 Å². The van der Waals surface area contributed by atoms with Gasteiger partial charge in [0, 0.05) is 30.1 Å². The first-order valence-corrected chi connectivity index (χ1v) is 7.76. The first-order chi connectivity index (χ1) is 8.75. The molecule has 1 aromatic rings. The van der Waals surface area contributed by atoms with Crippen molar-refractivity contribution in [2.24, 2.45) is 5.92 Å². The first-order valence-electron chi connectivity index (χ1n) is 6.60. The molecule has 0 aliphatic carbocycles. The number of carboxylic acid groups (broad SMARTS) is 1. The minimum Gasteiger partial charge on any atom is -0.481 e. The predicted octanol–water partition coefficient (Wildman–Crippen LogP) is 2.14. The van der Waals surface area contributed by atoms with Crippen LogP contribution < -0.4 is 0 Å². The summed E-state index contributed by atoms with van der Waals surface area (Å²) in [6, 6.07) is 0. The van der Waals surface area contributed by atoms with Gasteiger partial charge in [-0.15, -0.1) is 0 Å². The maximum atomic E-state index is 11.1. The van der Waals surface area contributed by atoms with Crippen LogP contribution >= 0.6 is 11.8 Å². The summed E-state index contributed by atoms with van der Waals surface area (Å²) in [5, 5.41) is 9.16. The lowest BCUT2D eigenvalue weighted by Crippen LogP contribution is -2.28. The van der Waals surface area contributed by atoms with Gasteiger partial charge in [0.25, 0.3) is 0 Å². The fourth-order valence-electron chi connectivity index (χ4n) is 2.94. The van der Waals surface area contributed by atoms with E-state index in [1.807, 2.05) is 18.0 Å². The largest absolute Gasteiger partial charge is 0.481 e. The van der Waals surface area contributed by atoms with Crippen LogP contribution in [0.5, 0.6) is 0 Å². The molecule has 2 aliphatic rings. The van der Waals surface area contributed by atoms with E-state index in [1.54, 1.807) is 0 Å². The molecule has 0 bridgehead atoms. The third-order valence-electron chi connectivity index (χ3n) is 4.00. The van der Waals surface area contributed by atoms with Crippen LogP contribution in [-0.2, 0) is 17.8 Å². The Hall–Kier alpha value is -0.970. The van der Waals surface area contributed by atoms with Gasteiger partial charge < -0.3 is 9.67 Å². The molecule has 2 aliphatic heterocycles. The van der Waals surface area contributed by atoms with Gasteiger partial charge in [-0.3, -0.25) is 4.79 Å². The number of imidazole rings is 1. The Morgan fingerprint density at radius 2 is 2.39 bits per heavy atom. The van der Waals surface area contributed by atoms with E-state index in [4.69, 9.17) is 5.11 Å². The summed E-state index contributed by atoms with van der Waals surface area (Å²) in [7, 11) is 0. The monoisotopic (exact) mass is 266 g/mol. The van der Waals surface area contributed by atoms with Crippen LogP contribution in [0.1, 0.15) is 36.7 Å². The zero-order chi connectivity index (χ0) is 12.5. The third kappa shape index (κ3) is 2.16. The Labute approximate surface area is 111 Å². The van der Waals surface area contributed by atoms with Crippen LogP contribution in [0.15, 0.2) is 6.20 Å². The predicted molar refractivity (Wildman–Crippen MR) is 71.0 cm³/mol. The second-order valence-corrected chi connectivity index (χ2v) is 6.36. The van der Waals surface area contributed by atoms with Crippen molar-refractivity contribution in [3.63, 3.8) is 0 Å². The number of thioether (sulfide) groups is 1. The van der Waals surface area contributed by atoms with Crippen molar-refractivity contribution in [1.29, 1.82) is 0 Å². The van der Waals surface area contributed by atoms with Crippen molar-refractivity contribution in [2.75, 3.05) is 11.5 Å². The molecule has 18 heavy (non-hydrogen) atoms. The number of hydrogen-bond donors (Lipinski definition) is 1. The number of aryl methyl sites for hydroxylation is 1. The van der Waals surface area contributed by atoms with Crippen molar-refractivity contribution < 1.29 is 9.90 Å². The molecule has 2 atom stereocenters. The Balaban J connectivity index is 1.84. The Morgan fingerprint density at radius 1 is 1.50 bits per heavy atom. The summed E-state index contributed by atoms with van der Waals surface area (Å²) >= 11 is 1.99. The standard InChI is InChI=1S/C13H18N2O2S/c16-13(17)9-3-4-11-6-14-12(15(11)7-9)10-2-1-5-18-8-10/h6,9-10H,1-5,7-8H2,(H,16,17). The smallest absolute Gasteiger partial charge is 0.308 e. The quantitative estimate of drug-likeness (QED) is 0.891. The van der Waals surface area contributed by atoms with E-state index in [0.717, 1.165) is 24.4 Å². The van der Waals surface area contributed by atoms with E-state index in [1.165, 1.54) is 24.3 Å². The molecule has 1 N–H and O–H groups in total. The van der Waals surface area contributed by atoms with Gasteiger partial charge in [0.15, 0.2) is 0 Å². The second-order valence-electron chi connectivity index (χ2n) is 5.21. The number of nitrogens with zero attached hydrogens (tertiary/aromatic N) is 2. The molecule has 0 amide bonds. The molecule has 3 heterocycles. The highest BCUT2D eigenvalue weighted by atomic mass is 32.2. The third-order valence-corrected chi connectivity index (χ3v) is 5.21. The normalized spacial score (nSPS) is 27.8. The van der Waals surface area contributed by atoms with Gasteiger partial charge in [-0.1, -0.05) is 0 Å². The summed E-state index contributed by atoms with van der Waals surface area (Å²) in [4.78, 5) is 15.7. The second kappa shape index (κ2) is 4.96. The molecule has 0 radical (unpaired) electrons. The fraction of sp³-hybridized carbons (Fsp3) is 0.692. The van der Waals surface area contributed by atoms with E-state index >= 15 is 0 Å². The highest BCUT2D eigenvalue weighted by molar-refractivity contribution is 7.99. The molecule has 0 spiro atoms. The molecule has 5 heteroatoms. The molecule has 1 fully saturated rings. The minimum atomic E-state index is -0.668. The summed E-state index contributed by atoms with van der Waals surface area (Å²) in [6.07, 6.45) is 6.00. The summed E-state index contributed by atoms with van der Waals surface area (Å²) in [5.74, 6) is 3.13. The van der Waals surface area contributed by atoms with E-state index in [2.05, 4.69) is 9.55 Å². The molecule has 0 saturated carbocycles. The van der Waals surface area contributed by atoms with Crippen LogP contribution in [0.25, 0.3) is 0 Å². The molecule has 1 aromatic heterocycles. The molecule has 1 saturated heterocycles. The maximum Gasteiger partial charge on any atom is 0.308 e. The number of fused-ring (bicyclic) bond motifs is 1. The van der Waals surface area contributed by atoms with Crippen molar-refractivity contribution in [1.82, 2.24) is 9.55 Å². The molecular formula is C13H18N2O2S. The van der Waals surface area contributed by atoms with Gasteiger partial charge in [-0.2, -0.15) is 11.8 Å². The number of carbonyl (C=O) groups is 1. The summed E-state index contributed by atoms with van der Waals surface area (Å²) < 4.78 is 2.18. The number of aliphatic carboxylic acids is 1. The van der Waals surface area contributed by atoms with Crippen LogP contribution in [0.3, 0.4) is 0 Å². The molecular weight excluding hydrogens is 248 g/mol. The molecule has 2 unspecified atom stereocenters. The minimum absolute atomic E-state index is 0.235. The highest BCUT2D eigenvalue weighted by Crippen LogP contribution is 2.33. The van der Waals surface area contributed by atoms with E-state index in [9.17, 15) is 4.79 Å². The van der Waals surface area contributed by atoms with Gasteiger partial charge >= 0.3 is 5.97 Å².